The summed E-state index contributed by atoms with van der Waals surface area (Å²) in [6, 6.07) is 6.78. The van der Waals surface area contributed by atoms with Crippen LogP contribution >= 0.6 is 11.8 Å². The Morgan fingerprint density at radius 1 is 1.38 bits per heavy atom. The van der Waals surface area contributed by atoms with Gasteiger partial charge in [-0.05, 0) is 36.5 Å². The van der Waals surface area contributed by atoms with Crippen molar-refractivity contribution >= 4 is 11.8 Å². The molecule has 0 aliphatic heterocycles. The lowest BCUT2D eigenvalue weighted by Crippen LogP contribution is -2.51. The lowest BCUT2D eigenvalue weighted by Gasteiger charge is -2.52. The molecule has 1 nitrogen and oxygen atoms in total. The zero-order valence-corrected chi connectivity index (χ0v) is 10.6. The van der Waals surface area contributed by atoms with E-state index in [0.717, 1.165) is 17.7 Å². The van der Waals surface area contributed by atoms with E-state index in [1.54, 1.807) is 23.9 Å². The van der Waals surface area contributed by atoms with E-state index in [2.05, 4.69) is 13.8 Å². The van der Waals surface area contributed by atoms with Crippen LogP contribution in [-0.4, -0.2) is 11.3 Å². The highest BCUT2D eigenvalue weighted by Crippen LogP contribution is 2.56. The van der Waals surface area contributed by atoms with E-state index in [1.807, 2.05) is 6.07 Å². The Morgan fingerprint density at radius 2 is 2.06 bits per heavy atom. The molecule has 16 heavy (non-hydrogen) atoms. The van der Waals surface area contributed by atoms with Gasteiger partial charge in [0.2, 0.25) is 0 Å². The van der Waals surface area contributed by atoms with E-state index in [4.69, 9.17) is 5.73 Å². The molecular formula is C13H18FNS. The summed E-state index contributed by atoms with van der Waals surface area (Å²) >= 11 is 1.73. The zero-order chi connectivity index (χ0) is 11.8. The average Bonchev–Trinajstić information content (AvgIpc) is 2.14. The minimum atomic E-state index is -0.171. The maximum absolute atomic E-state index is 13.1. The maximum atomic E-state index is 13.1. The summed E-state index contributed by atoms with van der Waals surface area (Å²) in [6.45, 7) is 5.18. The minimum absolute atomic E-state index is 0.122. The van der Waals surface area contributed by atoms with Crippen molar-refractivity contribution in [2.45, 2.75) is 36.3 Å². The summed E-state index contributed by atoms with van der Waals surface area (Å²) in [5, 5.41) is 0. The van der Waals surface area contributed by atoms with Gasteiger partial charge in [0.15, 0.2) is 0 Å². The molecule has 3 heteroatoms. The molecule has 0 unspecified atom stereocenters. The van der Waals surface area contributed by atoms with E-state index in [-0.39, 0.29) is 10.6 Å². The minimum Gasteiger partial charge on any atom is -0.329 e. The molecule has 1 saturated carbocycles. The average molecular weight is 239 g/mol. The van der Waals surface area contributed by atoms with Crippen molar-refractivity contribution in [3.8, 4) is 0 Å². The molecule has 0 amide bonds. The first-order chi connectivity index (χ1) is 7.45. The van der Waals surface area contributed by atoms with Crippen LogP contribution in [0, 0.1) is 11.2 Å². The molecule has 1 fully saturated rings. The molecule has 0 radical (unpaired) electrons. The number of rotatable bonds is 3. The van der Waals surface area contributed by atoms with Gasteiger partial charge in [0.25, 0.3) is 0 Å². The zero-order valence-electron chi connectivity index (χ0n) is 9.79. The molecule has 0 heterocycles. The molecule has 1 aromatic rings. The Labute approximate surface area is 101 Å². The van der Waals surface area contributed by atoms with Crippen molar-refractivity contribution in [1.29, 1.82) is 0 Å². The smallest absolute Gasteiger partial charge is 0.124 e. The van der Waals surface area contributed by atoms with Gasteiger partial charge < -0.3 is 5.73 Å². The van der Waals surface area contributed by atoms with Crippen LogP contribution in [0.1, 0.15) is 26.7 Å². The molecule has 88 valence electrons. The fourth-order valence-corrected chi connectivity index (χ4v) is 4.56. The summed E-state index contributed by atoms with van der Waals surface area (Å²) in [5.74, 6) is -0.171. The third kappa shape index (κ3) is 2.41. The van der Waals surface area contributed by atoms with Gasteiger partial charge in [-0.3, -0.25) is 0 Å². The van der Waals surface area contributed by atoms with Gasteiger partial charge in [0.05, 0.1) is 0 Å². The number of thioether (sulfide) groups is 1. The SMILES string of the molecule is CC1(C)CC(CN)(Sc2cccc(F)c2)C1. The lowest BCUT2D eigenvalue weighted by atomic mass is 9.64. The Balaban J connectivity index is 2.09. The summed E-state index contributed by atoms with van der Waals surface area (Å²) in [7, 11) is 0. The van der Waals surface area contributed by atoms with E-state index < -0.39 is 0 Å². The van der Waals surface area contributed by atoms with Crippen molar-refractivity contribution in [3.05, 3.63) is 30.1 Å². The molecule has 1 aliphatic rings. The maximum Gasteiger partial charge on any atom is 0.124 e. The highest BCUT2D eigenvalue weighted by molar-refractivity contribution is 8.00. The van der Waals surface area contributed by atoms with Gasteiger partial charge in [0, 0.05) is 16.2 Å². The van der Waals surface area contributed by atoms with Crippen molar-refractivity contribution in [1.82, 2.24) is 0 Å². The highest BCUT2D eigenvalue weighted by atomic mass is 32.2. The van der Waals surface area contributed by atoms with Gasteiger partial charge in [-0.15, -0.1) is 11.8 Å². The van der Waals surface area contributed by atoms with Crippen LogP contribution in [-0.2, 0) is 0 Å². The van der Waals surface area contributed by atoms with E-state index in [9.17, 15) is 4.39 Å². The van der Waals surface area contributed by atoms with Gasteiger partial charge in [0.1, 0.15) is 5.82 Å². The summed E-state index contributed by atoms with van der Waals surface area (Å²) in [6.07, 6.45) is 2.22. The lowest BCUT2D eigenvalue weighted by molar-refractivity contribution is 0.132. The molecule has 0 aromatic heterocycles. The van der Waals surface area contributed by atoms with E-state index >= 15 is 0 Å². The second-order valence-electron chi connectivity index (χ2n) is 5.46. The predicted octanol–water partition coefficient (Wildman–Crippen LogP) is 3.44. The molecule has 0 spiro atoms. The summed E-state index contributed by atoms with van der Waals surface area (Å²) in [5.41, 5.74) is 6.25. The van der Waals surface area contributed by atoms with Crippen LogP contribution in [0.25, 0.3) is 0 Å². The molecule has 0 atom stereocenters. The van der Waals surface area contributed by atoms with Crippen LogP contribution in [0.3, 0.4) is 0 Å². The number of benzene rings is 1. The first-order valence-electron chi connectivity index (χ1n) is 5.59. The van der Waals surface area contributed by atoms with Gasteiger partial charge in [-0.2, -0.15) is 0 Å². The van der Waals surface area contributed by atoms with Crippen molar-refractivity contribution < 1.29 is 4.39 Å². The molecular weight excluding hydrogens is 221 g/mol. The topological polar surface area (TPSA) is 26.0 Å². The molecule has 0 bridgehead atoms. The van der Waals surface area contributed by atoms with Gasteiger partial charge in [-0.1, -0.05) is 19.9 Å². The fraction of sp³-hybridized carbons (Fsp3) is 0.538. The highest BCUT2D eigenvalue weighted by Gasteiger charge is 2.48. The van der Waals surface area contributed by atoms with Crippen molar-refractivity contribution in [2.75, 3.05) is 6.54 Å². The fourth-order valence-electron chi connectivity index (χ4n) is 2.73. The Morgan fingerprint density at radius 3 is 2.56 bits per heavy atom. The third-order valence-corrected chi connectivity index (χ3v) is 4.48. The third-order valence-electron chi connectivity index (χ3n) is 3.10. The predicted molar refractivity (Wildman–Crippen MR) is 67.1 cm³/mol. The van der Waals surface area contributed by atoms with Crippen LogP contribution in [0.4, 0.5) is 4.39 Å². The summed E-state index contributed by atoms with van der Waals surface area (Å²) < 4.78 is 13.2. The Hall–Kier alpha value is -0.540. The second kappa shape index (κ2) is 4.04. The van der Waals surface area contributed by atoms with Crippen LogP contribution in [0.15, 0.2) is 29.2 Å². The Bertz CT molecular complexity index is 381. The van der Waals surface area contributed by atoms with Crippen LogP contribution < -0.4 is 5.73 Å². The van der Waals surface area contributed by atoms with Crippen molar-refractivity contribution in [2.24, 2.45) is 11.1 Å². The number of hydrogen-bond donors (Lipinski definition) is 1. The normalized spacial score (nSPS) is 21.5. The first kappa shape index (κ1) is 11.9. The number of hydrogen-bond acceptors (Lipinski definition) is 2. The standard InChI is InChI=1S/C13H18FNS/c1-12(2)7-13(8-12,9-15)16-11-5-3-4-10(14)6-11/h3-6H,7-9,15H2,1-2H3. The van der Waals surface area contributed by atoms with E-state index in [0.29, 0.717) is 12.0 Å². The quantitative estimate of drug-likeness (QED) is 0.874. The molecule has 1 aromatic carbocycles. The van der Waals surface area contributed by atoms with Gasteiger partial charge in [-0.25, -0.2) is 4.39 Å². The molecule has 2 rings (SSSR count). The monoisotopic (exact) mass is 239 g/mol. The van der Waals surface area contributed by atoms with Gasteiger partial charge >= 0.3 is 0 Å². The second-order valence-corrected chi connectivity index (χ2v) is 7.01. The number of nitrogens with two attached hydrogens (primary N) is 1. The van der Waals surface area contributed by atoms with Crippen molar-refractivity contribution in [3.63, 3.8) is 0 Å². The van der Waals surface area contributed by atoms with E-state index in [1.165, 1.54) is 6.07 Å². The largest absolute Gasteiger partial charge is 0.329 e. The van der Waals surface area contributed by atoms with Crippen LogP contribution in [0.2, 0.25) is 0 Å². The summed E-state index contributed by atoms with van der Waals surface area (Å²) in [4.78, 5) is 0.987. The number of halogens is 1. The van der Waals surface area contributed by atoms with Crippen LogP contribution in [0.5, 0.6) is 0 Å². The molecule has 1 aliphatic carbocycles. The molecule has 0 saturated heterocycles. The molecule has 2 N–H and O–H groups in total. The Kier molecular flexibility index (Phi) is 3.01. The first-order valence-corrected chi connectivity index (χ1v) is 6.41.